The summed E-state index contributed by atoms with van der Waals surface area (Å²) >= 11 is 0. The Morgan fingerprint density at radius 1 is 0.500 bits per heavy atom. The quantitative estimate of drug-likeness (QED) is 0.180. The molecule has 5 nitrogen and oxygen atoms in total. The molecule has 0 saturated heterocycles. The zero-order valence-electron chi connectivity index (χ0n) is 19.3. The van der Waals surface area contributed by atoms with Gasteiger partial charge in [0.25, 0.3) is 0 Å². The SMILES string of the molecule is Nc1cccc(-c2cccc(P=O)c2-c2cccc(N)c2Oc2ccccc2)c1Oc1ccccc1. The van der Waals surface area contributed by atoms with Crippen LogP contribution in [0.15, 0.2) is 115 Å². The molecule has 5 rings (SSSR count). The van der Waals surface area contributed by atoms with E-state index in [0.717, 1.165) is 16.7 Å². The van der Waals surface area contributed by atoms with Gasteiger partial charge in [-0.25, -0.2) is 0 Å². The Morgan fingerprint density at radius 2 is 0.972 bits per heavy atom. The van der Waals surface area contributed by atoms with Crippen molar-refractivity contribution in [1.82, 2.24) is 0 Å². The third kappa shape index (κ3) is 4.65. The van der Waals surface area contributed by atoms with E-state index >= 15 is 0 Å². The van der Waals surface area contributed by atoms with Gasteiger partial charge in [0.05, 0.1) is 16.7 Å². The topological polar surface area (TPSA) is 87.6 Å². The summed E-state index contributed by atoms with van der Waals surface area (Å²) in [7, 11) is -0.139. The van der Waals surface area contributed by atoms with Gasteiger partial charge >= 0.3 is 0 Å². The number of ether oxygens (including phenoxy) is 2. The van der Waals surface area contributed by atoms with E-state index in [0.29, 0.717) is 45.2 Å². The molecule has 0 fully saturated rings. The van der Waals surface area contributed by atoms with Crippen molar-refractivity contribution in [3.05, 3.63) is 115 Å². The Bertz CT molecular complexity index is 1520. The summed E-state index contributed by atoms with van der Waals surface area (Å²) in [6.45, 7) is 0. The van der Waals surface area contributed by atoms with E-state index in [1.807, 2.05) is 103 Å². The Balaban J connectivity index is 1.73. The maximum Gasteiger partial charge on any atom is 0.192 e. The zero-order chi connectivity index (χ0) is 24.9. The molecule has 0 heterocycles. The second-order valence-electron chi connectivity index (χ2n) is 8.07. The predicted molar refractivity (Wildman–Crippen MR) is 146 cm³/mol. The molecule has 0 aromatic heterocycles. The average Bonchev–Trinajstić information content (AvgIpc) is 2.92. The summed E-state index contributed by atoms with van der Waals surface area (Å²) < 4.78 is 24.8. The molecule has 0 radical (unpaired) electrons. The number of benzene rings is 5. The summed E-state index contributed by atoms with van der Waals surface area (Å²) in [6.07, 6.45) is 0. The van der Waals surface area contributed by atoms with Crippen molar-refractivity contribution in [2.75, 3.05) is 11.5 Å². The fourth-order valence-electron chi connectivity index (χ4n) is 4.08. The Labute approximate surface area is 211 Å². The molecule has 5 aromatic carbocycles. The highest BCUT2D eigenvalue weighted by Crippen LogP contribution is 2.46. The smallest absolute Gasteiger partial charge is 0.192 e. The van der Waals surface area contributed by atoms with Gasteiger partial charge in [-0.1, -0.05) is 72.8 Å². The molecule has 0 amide bonds. The van der Waals surface area contributed by atoms with Crippen LogP contribution in [0.25, 0.3) is 22.3 Å². The van der Waals surface area contributed by atoms with Crippen LogP contribution in [0.5, 0.6) is 23.0 Å². The standard InChI is InChI=1S/C30H23N2O3P/c31-25-17-7-15-23(29(25)34-20-10-3-1-4-11-20)22-14-9-19-27(36-33)28(22)24-16-8-18-26(32)30(24)35-21-12-5-2-6-13-21/h1-19H,31-32H2. The molecule has 36 heavy (non-hydrogen) atoms. The molecule has 0 saturated carbocycles. The molecule has 176 valence electrons. The van der Waals surface area contributed by atoms with Gasteiger partial charge in [0.15, 0.2) is 20.0 Å². The molecule has 0 atom stereocenters. The molecule has 6 heteroatoms. The van der Waals surface area contributed by atoms with Crippen molar-refractivity contribution in [3.8, 4) is 45.3 Å². The van der Waals surface area contributed by atoms with Crippen LogP contribution >= 0.6 is 8.46 Å². The highest BCUT2D eigenvalue weighted by Gasteiger charge is 2.22. The number of nitrogens with two attached hydrogens (primary N) is 2. The predicted octanol–water partition coefficient (Wildman–Crippen LogP) is 7.69. The van der Waals surface area contributed by atoms with Gasteiger partial charge in [-0.15, -0.1) is 0 Å². The fraction of sp³-hybridized carbons (Fsp3) is 0. The van der Waals surface area contributed by atoms with E-state index < -0.39 is 0 Å². The summed E-state index contributed by atoms with van der Waals surface area (Å²) in [4.78, 5) is 0. The Kier molecular flexibility index (Phi) is 6.65. The molecule has 0 spiro atoms. The zero-order valence-corrected chi connectivity index (χ0v) is 20.2. The first kappa shape index (κ1) is 23.2. The summed E-state index contributed by atoms with van der Waals surface area (Å²) in [5.74, 6) is 2.30. The first-order chi connectivity index (χ1) is 17.7. The van der Waals surface area contributed by atoms with Gasteiger partial charge in [-0.3, -0.25) is 4.57 Å². The highest BCUT2D eigenvalue weighted by molar-refractivity contribution is 7.34. The van der Waals surface area contributed by atoms with Gasteiger partial charge in [-0.2, -0.15) is 0 Å². The second kappa shape index (κ2) is 10.3. The minimum atomic E-state index is -0.139. The average molecular weight is 490 g/mol. The fourth-order valence-corrected chi connectivity index (χ4v) is 4.56. The summed E-state index contributed by atoms with van der Waals surface area (Å²) in [5, 5.41) is 0.587. The van der Waals surface area contributed by atoms with Crippen molar-refractivity contribution < 1.29 is 14.0 Å². The lowest BCUT2D eigenvalue weighted by molar-refractivity contribution is 0.486. The molecular formula is C30H23N2O3P. The van der Waals surface area contributed by atoms with E-state index in [-0.39, 0.29) is 8.46 Å². The molecule has 4 N–H and O–H groups in total. The van der Waals surface area contributed by atoms with Crippen molar-refractivity contribution >= 4 is 25.1 Å². The molecule has 0 unspecified atom stereocenters. The second-order valence-corrected chi connectivity index (χ2v) is 8.73. The van der Waals surface area contributed by atoms with Crippen LogP contribution in [0.3, 0.4) is 0 Å². The number of hydrogen-bond donors (Lipinski definition) is 2. The van der Waals surface area contributed by atoms with E-state index in [9.17, 15) is 4.57 Å². The highest BCUT2D eigenvalue weighted by atomic mass is 31.1. The molecule has 0 aliphatic heterocycles. The third-order valence-corrected chi connectivity index (χ3v) is 6.29. The van der Waals surface area contributed by atoms with Crippen LogP contribution in [0.2, 0.25) is 0 Å². The molecular weight excluding hydrogens is 467 g/mol. The van der Waals surface area contributed by atoms with Crippen molar-refractivity contribution in [3.63, 3.8) is 0 Å². The lowest BCUT2D eigenvalue weighted by atomic mass is 9.92. The van der Waals surface area contributed by atoms with E-state index in [1.165, 1.54) is 0 Å². The Hall–Kier alpha value is -4.60. The van der Waals surface area contributed by atoms with Crippen molar-refractivity contribution in [2.45, 2.75) is 0 Å². The Morgan fingerprint density at radius 3 is 1.53 bits per heavy atom. The number of hydrogen-bond acceptors (Lipinski definition) is 5. The normalized spacial score (nSPS) is 10.8. The van der Waals surface area contributed by atoms with Crippen LogP contribution in [0.1, 0.15) is 0 Å². The number of para-hydroxylation sites is 4. The minimum Gasteiger partial charge on any atom is -0.455 e. The van der Waals surface area contributed by atoms with Crippen molar-refractivity contribution in [2.24, 2.45) is 0 Å². The number of anilines is 2. The van der Waals surface area contributed by atoms with Gasteiger partial charge < -0.3 is 20.9 Å². The lowest BCUT2D eigenvalue weighted by Gasteiger charge is -2.20. The largest absolute Gasteiger partial charge is 0.455 e. The molecule has 0 aliphatic carbocycles. The van der Waals surface area contributed by atoms with E-state index in [2.05, 4.69) is 0 Å². The van der Waals surface area contributed by atoms with E-state index in [1.54, 1.807) is 12.1 Å². The first-order valence-corrected chi connectivity index (χ1v) is 12.2. The lowest BCUT2D eigenvalue weighted by Crippen LogP contribution is -2.04. The summed E-state index contributed by atoms with van der Waals surface area (Å²) in [5.41, 5.74) is 16.7. The summed E-state index contributed by atoms with van der Waals surface area (Å²) in [6, 6.07) is 35.6. The van der Waals surface area contributed by atoms with Gasteiger partial charge in [0.2, 0.25) is 0 Å². The van der Waals surface area contributed by atoms with Crippen LogP contribution in [0, 0.1) is 0 Å². The number of nitrogen functional groups attached to an aromatic ring is 2. The van der Waals surface area contributed by atoms with Crippen LogP contribution in [-0.2, 0) is 4.57 Å². The van der Waals surface area contributed by atoms with E-state index in [4.69, 9.17) is 20.9 Å². The number of rotatable bonds is 7. The molecule has 0 bridgehead atoms. The van der Waals surface area contributed by atoms with Crippen LogP contribution in [-0.4, -0.2) is 0 Å². The van der Waals surface area contributed by atoms with Crippen LogP contribution < -0.4 is 26.2 Å². The maximum absolute atomic E-state index is 12.4. The minimum absolute atomic E-state index is 0.139. The van der Waals surface area contributed by atoms with Crippen LogP contribution in [0.4, 0.5) is 11.4 Å². The van der Waals surface area contributed by atoms with Gasteiger partial charge in [0.1, 0.15) is 11.5 Å². The van der Waals surface area contributed by atoms with Crippen molar-refractivity contribution in [1.29, 1.82) is 0 Å². The maximum atomic E-state index is 12.4. The van der Waals surface area contributed by atoms with Gasteiger partial charge in [0, 0.05) is 16.7 Å². The third-order valence-electron chi connectivity index (χ3n) is 5.72. The first-order valence-electron chi connectivity index (χ1n) is 11.4. The van der Waals surface area contributed by atoms with Gasteiger partial charge in [-0.05, 0) is 48.0 Å². The monoisotopic (exact) mass is 490 g/mol. The molecule has 5 aromatic rings. The molecule has 0 aliphatic rings.